The Kier molecular flexibility index (Phi) is 3.03. The van der Waals surface area contributed by atoms with Gasteiger partial charge in [0.25, 0.3) is 7.48 Å². The normalized spacial score (nSPS) is 9.30. The van der Waals surface area contributed by atoms with Crippen LogP contribution in [-0.2, 0) is 11.0 Å². The first-order valence-electron chi connectivity index (χ1n) is 3.32. The highest BCUT2D eigenvalue weighted by Crippen LogP contribution is 1.97. The molecule has 0 bridgehead atoms. The summed E-state index contributed by atoms with van der Waals surface area (Å²) in [4.78, 5) is 0. The summed E-state index contributed by atoms with van der Waals surface area (Å²) in [5.74, 6) is 0. The van der Waals surface area contributed by atoms with Crippen LogP contribution in [0.1, 0.15) is 5.56 Å². The molecule has 1 nitrogen and oxygen atoms in total. The van der Waals surface area contributed by atoms with E-state index in [4.69, 9.17) is 4.65 Å². The third-order valence-electron chi connectivity index (χ3n) is 1.33. The Balaban J connectivity index is 2.43. The minimum Gasteiger partial charge on any atom is -0.443 e. The summed E-state index contributed by atoms with van der Waals surface area (Å²) >= 11 is 0. The molecular weight excluding hydrogens is 123 g/mol. The lowest BCUT2D eigenvalue weighted by atomic mass is 9.90. The van der Waals surface area contributed by atoms with E-state index in [2.05, 4.69) is 12.1 Å². The average molecular weight is 133 g/mol. The second-order valence-corrected chi connectivity index (χ2v) is 2.09. The Labute approximate surface area is 62.3 Å². The fourth-order valence-corrected chi connectivity index (χ4v) is 0.794. The second kappa shape index (κ2) is 4.12. The van der Waals surface area contributed by atoms with E-state index in [1.54, 1.807) is 14.6 Å². The molecule has 2 heteroatoms. The molecule has 0 aliphatic rings. The van der Waals surface area contributed by atoms with E-state index in [0.29, 0.717) is 0 Å². The van der Waals surface area contributed by atoms with E-state index in [1.165, 1.54) is 5.56 Å². The van der Waals surface area contributed by atoms with Crippen molar-refractivity contribution in [2.75, 3.05) is 7.11 Å². The Hall–Kier alpha value is -0.755. The minimum atomic E-state index is 0.886. The van der Waals surface area contributed by atoms with Gasteiger partial charge in [-0.1, -0.05) is 35.9 Å². The van der Waals surface area contributed by atoms with Crippen LogP contribution in [0.25, 0.3) is 0 Å². The van der Waals surface area contributed by atoms with Gasteiger partial charge < -0.3 is 4.65 Å². The standard InChI is InChI=1S/C8H10BO/c1-10-9-7-8-5-3-2-4-6-8/h2-6H,7H2,1H3. The van der Waals surface area contributed by atoms with Crippen LogP contribution in [0.15, 0.2) is 30.3 Å². The van der Waals surface area contributed by atoms with Gasteiger partial charge in [-0.2, -0.15) is 0 Å². The van der Waals surface area contributed by atoms with Crippen molar-refractivity contribution in [1.29, 1.82) is 0 Å². The molecule has 0 aliphatic heterocycles. The molecule has 0 fully saturated rings. The molecule has 0 atom stereocenters. The number of hydrogen-bond donors (Lipinski definition) is 0. The maximum Gasteiger partial charge on any atom is 0.296 e. The van der Waals surface area contributed by atoms with Gasteiger partial charge in [-0.05, 0) is 6.32 Å². The molecule has 0 unspecified atom stereocenters. The van der Waals surface area contributed by atoms with Gasteiger partial charge in [0, 0.05) is 7.11 Å². The molecule has 0 heterocycles. The molecule has 1 aromatic rings. The molecule has 1 radical (unpaired) electrons. The SMILES string of the molecule is CO[B]Cc1ccccc1. The van der Waals surface area contributed by atoms with Gasteiger partial charge in [0.05, 0.1) is 0 Å². The van der Waals surface area contributed by atoms with E-state index in [-0.39, 0.29) is 0 Å². The van der Waals surface area contributed by atoms with Crippen molar-refractivity contribution in [1.82, 2.24) is 0 Å². The first-order chi connectivity index (χ1) is 4.93. The Bertz CT molecular complexity index is 174. The average Bonchev–Trinajstić information content (AvgIpc) is 2.03. The van der Waals surface area contributed by atoms with Crippen molar-refractivity contribution in [3.05, 3.63) is 35.9 Å². The third-order valence-corrected chi connectivity index (χ3v) is 1.33. The summed E-state index contributed by atoms with van der Waals surface area (Å²) in [6.07, 6.45) is 0.886. The number of rotatable bonds is 3. The zero-order chi connectivity index (χ0) is 7.23. The van der Waals surface area contributed by atoms with Crippen molar-refractivity contribution in [3.8, 4) is 0 Å². The Morgan fingerprint density at radius 2 is 2.00 bits per heavy atom. The monoisotopic (exact) mass is 133 g/mol. The summed E-state index contributed by atoms with van der Waals surface area (Å²) in [5.41, 5.74) is 1.28. The van der Waals surface area contributed by atoms with Gasteiger partial charge in [-0.25, -0.2) is 0 Å². The van der Waals surface area contributed by atoms with Crippen LogP contribution < -0.4 is 0 Å². The summed E-state index contributed by atoms with van der Waals surface area (Å²) < 4.78 is 4.82. The summed E-state index contributed by atoms with van der Waals surface area (Å²) in [6.45, 7) is 0. The van der Waals surface area contributed by atoms with Crippen molar-refractivity contribution < 1.29 is 4.65 Å². The highest BCUT2D eigenvalue weighted by Gasteiger charge is 1.90. The van der Waals surface area contributed by atoms with Gasteiger partial charge in [0.1, 0.15) is 0 Å². The molecule has 0 N–H and O–H groups in total. The molecule has 0 amide bonds. The predicted octanol–water partition coefficient (Wildman–Crippen LogP) is 1.45. The van der Waals surface area contributed by atoms with Crippen LogP contribution in [0, 0.1) is 0 Å². The van der Waals surface area contributed by atoms with Crippen LogP contribution in [0.2, 0.25) is 0 Å². The quantitative estimate of drug-likeness (QED) is 0.567. The Morgan fingerprint density at radius 3 is 2.60 bits per heavy atom. The minimum absolute atomic E-state index is 0.886. The van der Waals surface area contributed by atoms with Crippen LogP contribution in [-0.4, -0.2) is 14.6 Å². The largest absolute Gasteiger partial charge is 0.443 e. The van der Waals surface area contributed by atoms with Gasteiger partial charge in [0.15, 0.2) is 0 Å². The molecule has 0 saturated heterocycles. The first kappa shape index (κ1) is 7.35. The number of benzene rings is 1. The fourth-order valence-electron chi connectivity index (χ4n) is 0.794. The van der Waals surface area contributed by atoms with Crippen molar-refractivity contribution in [3.63, 3.8) is 0 Å². The van der Waals surface area contributed by atoms with Crippen molar-refractivity contribution in [2.24, 2.45) is 0 Å². The van der Waals surface area contributed by atoms with E-state index >= 15 is 0 Å². The van der Waals surface area contributed by atoms with E-state index in [1.807, 2.05) is 18.2 Å². The molecule has 10 heavy (non-hydrogen) atoms. The van der Waals surface area contributed by atoms with Crippen LogP contribution in [0.5, 0.6) is 0 Å². The van der Waals surface area contributed by atoms with Gasteiger partial charge in [-0.3, -0.25) is 0 Å². The molecule has 0 spiro atoms. The zero-order valence-corrected chi connectivity index (χ0v) is 6.08. The van der Waals surface area contributed by atoms with Gasteiger partial charge in [0.2, 0.25) is 0 Å². The smallest absolute Gasteiger partial charge is 0.296 e. The van der Waals surface area contributed by atoms with Crippen LogP contribution in [0.3, 0.4) is 0 Å². The maximum atomic E-state index is 4.82. The Morgan fingerprint density at radius 1 is 1.30 bits per heavy atom. The van der Waals surface area contributed by atoms with Gasteiger partial charge in [-0.15, -0.1) is 0 Å². The molecule has 1 aromatic carbocycles. The van der Waals surface area contributed by atoms with Crippen molar-refractivity contribution >= 4 is 7.48 Å². The van der Waals surface area contributed by atoms with Crippen LogP contribution in [0.4, 0.5) is 0 Å². The summed E-state index contributed by atoms with van der Waals surface area (Å²) in [7, 11) is 3.46. The third kappa shape index (κ3) is 2.23. The zero-order valence-electron chi connectivity index (χ0n) is 6.08. The maximum absolute atomic E-state index is 4.82. The van der Waals surface area contributed by atoms with Gasteiger partial charge >= 0.3 is 0 Å². The molecule has 51 valence electrons. The molecule has 0 aromatic heterocycles. The highest BCUT2D eigenvalue weighted by atomic mass is 16.4. The second-order valence-electron chi connectivity index (χ2n) is 2.09. The summed E-state index contributed by atoms with van der Waals surface area (Å²) in [6, 6.07) is 10.2. The topological polar surface area (TPSA) is 9.23 Å². The van der Waals surface area contributed by atoms with E-state index in [0.717, 1.165) is 6.32 Å². The molecule has 0 saturated carbocycles. The first-order valence-corrected chi connectivity index (χ1v) is 3.32. The van der Waals surface area contributed by atoms with E-state index < -0.39 is 0 Å². The predicted molar refractivity (Wildman–Crippen MR) is 42.9 cm³/mol. The lowest BCUT2D eigenvalue weighted by Gasteiger charge is -1.95. The lowest BCUT2D eigenvalue weighted by molar-refractivity contribution is 0.441. The highest BCUT2D eigenvalue weighted by molar-refractivity contribution is 6.26. The molecule has 1 rings (SSSR count). The molecular formula is C8H10BO. The van der Waals surface area contributed by atoms with Crippen molar-refractivity contribution in [2.45, 2.75) is 6.32 Å². The summed E-state index contributed by atoms with van der Waals surface area (Å²) in [5, 5.41) is 0. The van der Waals surface area contributed by atoms with Crippen LogP contribution >= 0.6 is 0 Å². The fraction of sp³-hybridized carbons (Fsp3) is 0.250. The lowest BCUT2D eigenvalue weighted by Crippen LogP contribution is -1.98. The van der Waals surface area contributed by atoms with E-state index in [9.17, 15) is 0 Å². The molecule has 0 aliphatic carbocycles. The number of hydrogen-bond acceptors (Lipinski definition) is 1.